The Kier molecular flexibility index (Phi) is 11.8. The van der Waals surface area contributed by atoms with E-state index in [4.69, 9.17) is 9.47 Å². The van der Waals surface area contributed by atoms with Crippen LogP contribution in [0.2, 0.25) is 0 Å². The van der Waals surface area contributed by atoms with E-state index in [9.17, 15) is 32.7 Å². The lowest BCUT2D eigenvalue weighted by Gasteiger charge is -2.30. The standard InChI is InChI=1S/C32H35F3N4O6/c33-32(34,35)20-37-31(43)45-19-24-18-44-25(17-36-24)16-15-21-9-7-8-14-26(21)38-29(40)28(39-30(41)42)27(22-10-3-1-4-11-22)23-12-5-2-6-13-23/h1-14,24-25,27-28,36,39H,15-20H2,(H,37,43)(H,38,40)(H,41,42)/t24-,25+,28-/m0/s1. The molecule has 3 aromatic carbocycles. The molecule has 1 aliphatic heterocycles. The molecule has 1 heterocycles. The highest BCUT2D eigenvalue weighted by Crippen LogP contribution is 2.30. The normalized spacial score (nSPS) is 17.2. The number of alkyl halides is 3. The van der Waals surface area contributed by atoms with Gasteiger partial charge in [-0.05, 0) is 35.6 Å². The first kappa shape index (κ1) is 33.3. The molecular formula is C32H35F3N4O6. The van der Waals surface area contributed by atoms with Crippen molar-refractivity contribution in [1.82, 2.24) is 16.0 Å². The van der Waals surface area contributed by atoms with Crippen LogP contribution in [0.25, 0.3) is 0 Å². The number of anilines is 1. The van der Waals surface area contributed by atoms with E-state index in [1.54, 1.807) is 17.4 Å². The predicted molar refractivity (Wildman–Crippen MR) is 160 cm³/mol. The number of nitrogens with one attached hydrogen (secondary N) is 4. The van der Waals surface area contributed by atoms with Crippen molar-refractivity contribution in [2.24, 2.45) is 0 Å². The number of carboxylic acid groups (broad SMARTS) is 1. The molecule has 10 nitrogen and oxygen atoms in total. The first-order valence-corrected chi connectivity index (χ1v) is 14.4. The van der Waals surface area contributed by atoms with Gasteiger partial charge < -0.3 is 35.8 Å². The Hall–Kier alpha value is -4.62. The number of alkyl carbamates (subject to hydrolysis) is 1. The SMILES string of the molecule is O=C(O)N[C@H](C(=O)Nc1ccccc1CC[C@@H]1CN[C@H](COC(=O)NCC(F)(F)F)CO1)C(c1ccccc1)c1ccccc1. The van der Waals surface area contributed by atoms with Gasteiger partial charge in [0.15, 0.2) is 0 Å². The number of carbonyl (C=O) groups is 3. The number of rotatable bonds is 12. The van der Waals surface area contributed by atoms with Gasteiger partial charge in [-0.3, -0.25) is 4.79 Å². The summed E-state index contributed by atoms with van der Waals surface area (Å²) in [6.45, 7) is -1.00. The van der Waals surface area contributed by atoms with E-state index in [1.807, 2.05) is 72.8 Å². The molecule has 13 heteroatoms. The van der Waals surface area contributed by atoms with E-state index < -0.39 is 42.8 Å². The van der Waals surface area contributed by atoms with Crippen LogP contribution >= 0.6 is 0 Å². The summed E-state index contributed by atoms with van der Waals surface area (Å²) in [5, 5.41) is 19.9. The van der Waals surface area contributed by atoms with Gasteiger partial charge in [0, 0.05) is 18.2 Å². The Labute approximate surface area is 258 Å². The number of amides is 3. The zero-order chi connectivity index (χ0) is 32.2. The Balaban J connectivity index is 1.36. The van der Waals surface area contributed by atoms with Gasteiger partial charge in [-0.25, -0.2) is 9.59 Å². The second-order valence-corrected chi connectivity index (χ2v) is 10.5. The number of para-hydroxylation sites is 1. The maximum absolute atomic E-state index is 13.8. The molecule has 1 aliphatic rings. The lowest BCUT2D eigenvalue weighted by molar-refractivity contribution is -0.124. The summed E-state index contributed by atoms with van der Waals surface area (Å²) in [5.74, 6) is -1.11. The fourth-order valence-electron chi connectivity index (χ4n) is 5.08. The van der Waals surface area contributed by atoms with Crippen LogP contribution in [0.1, 0.15) is 29.0 Å². The van der Waals surface area contributed by atoms with Crippen molar-refractivity contribution in [2.75, 3.05) is 31.6 Å². The third kappa shape index (κ3) is 10.5. The van der Waals surface area contributed by atoms with Crippen molar-refractivity contribution >= 4 is 23.8 Å². The average Bonchev–Trinajstić information content (AvgIpc) is 3.03. The molecule has 0 radical (unpaired) electrons. The maximum atomic E-state index is 13.8. The quantitative estimate of drug-likeness (QED) is 0.197. The molecule has 0 bridgehead atoms. The van der Waals surface area contributed by atoms with Gasteiger partial charge in [-0.2, -0.15) is 13.2 Å². The number of morpholine rings is 1. The van der Waals surface area contributed by atoms with Crippen LogP contribution in [0.4, 0.5) is 28.4 Å². The maximum Gasteiger partial charge on any atom is 0.407 e. The van der Waals surface area contributed by atoms with Crippen molar-refractivity contribution in [3.8, 4) is 0 Å². The summed E-state index contributed by atoms with van der Waals surface area (Å²) in [5.41, 5.74) is 2.92. The van der Waals surface area contributed by atoms with Crippen LogP contribution in [0, 0.1) is 0 Å². The summed E-state index contributed by atoms with van der Waals surface area (Å²) < 4.78 is 47.4. The molecule has 1 saturated heterocycles. The summed E-state index contributed by atoms with van der Waals surface area (Å²) >= 11 is 0. The third-order valence-corrected chi connectivity index (χ3v) is 7.24. The van der Waals surface area contributed by atoms with E-state index in [0.29, 0.717) is 25.1 Å². The molecule has 4 rings (SSSR count). The minimum Gasteiger partial charge on any atom is -0.465 e. The molecule has 3 aromatic rings. The molecule has 0 unspecified atom stereocenters. The molecule has 0 aliphatic carbocycles. The number of benzene rings is 3. The highest BCUT2D eigenvalue weighted by atomic mass is 19.4. The van der Waals surface area contributed by atoms with Crippen molar-refractivity contribution in [3.05, 3.63) is 102 Å². The van der Waals surface area contributed by atoms with Crippen molar-refractivity contribution in [3.63, 3.8) is 0 Å². The van der Waals surface area contributed by atoms with Crippen molar-refractivity contribution < 1.29 is 42.1 Å². The molecule has 240 valence electrons. The lowest BCUT2D eigenvalue weighted by Crippen LogP contribution is -2.49. The van der Waals surface area contributed by atoms with E-state index in [1.165, 1.54) is 0 Å². The van der Waals surface area contributed by atoms with Gasteiger partial charge in [0.25, 0.3) is 0 Å². The molecule has 5 N–H and O–H groups in total. The Morgan fingerprint density at radius 3 is 2.16 bits per heavy atom. The summed E-state index contributed by atoms with van der Waals surface area (Å²) in [6.07, 6.45) is -6.10. The van der Waals surface area contributed by atoms with Gasteiger partial charge in [0.05, 0.1) is 18.8 Å². The molecule has 3 atom stereocenters. The summed E-state index contributed by atoms with van der Waals surface area (Å²) in [4.78, 5) is 37.1. The van der Waals surface area contributed by atoms with Crippen molar-refractivity contribution in [2.45, 2.75) is 43.1 Å². The van der Waals surface area contributed by atoms with Gasteiger partial charge in [-0.1, -0.05) is 78.9 Å². The van der Waals surface area contributed by atoms with Crippen LogP contribution in [0.3, 0.4) is 0 Å². The zero-order valence-electron chi connectivity index (χ0n) is 24.3. The monoisotopic (exact) mass is 628 g/mol. The molecule has 0 saturated carbocycles. The molecule has 0 spiro atoms. The summed E-state index contributed by atoms with van der Waals surface area (Å²) in [6, 6.07) is 24.2. The predicted octanol–water partition coefficient (Wildman–Crippen LogP) is 4.67. The molecule has 45 heavy (non-hydrogen) atoms. The van der Waals surface area contributed by atoms with Gasteiger partial charge in [0.2, 0.25) is 5.91 Å². The fraction of sp³-hybridized carbons (Fsp3) is 0.344. The molecular weight excluding hydrogens is 593 g/mol. The van der Waals surface area contributed by atoms with E-state index in [0.717, 1.165) is 16.7 Å². The minimum absolute atomic E-state index is 0.149. The number of ether oxygens (including phenoxy) is 2. The Morgan fingerprint density at radius 2 is 1.58 bits per heavy atom. The van der Waals surface area contributed by atoms with Crippen LogP contribution in [0.15, 0.2) is 84.9 Å². The Morgan fingerprint density at radius 1 is 0.956 bits per heavy atom. The van der Waals surface area contributed by atoms with Gasteiger partial charge in [-0.15, -0.1) is 0 Å². The van der Waals surface area contributed by atoms with Gasteiger partial charge >= 0.3 is 18.4 Å². The van der Waals surface area contributed by atoms with Gasteiger partial charge in [0.1, 0.15) is 19.2 Å². The third-order valence-electron chi connectivity index (χ3n) is 7.24. The number of halogens is 3. The largest absolute Gasteiger partial charge is 0.465 e. The first-order valence-electron chi connectivity index (χ1n) is 14.4. The van der Waals surface area contributed by atoms with Crippen LogP contribution in [0.5, 0.6) is 0 Å². The highest BCUT2D eigenvalue weighted by molar-refractivity contribution is 5.98. The minimum atomic E-state index is -4.52. The summed E-state index contributed by atoms with van der Waals surface area (Å²) in [7, 11) is 0. The van der Waals surface area contributed by atoms with E-state index in [2.05, 4.69) is 16.0 Å². The van der Waals surface area contributed by atoms with E-state index >= 15 is 0 Å². The van der Waals surface area contributed by atoms with Crippen molar-refractivity contribution in [1.29, 1.82) is 0 Å². The highest BCUT2D eigenvalue weighted by Gasteiger charge is 2.33. The first-order chi connectivity index (χ1) is 21.6. The number of hydrogen-bond acceptors (Lipinski definition) is 6. The van der Waals surface area contributed by atoms with Crippen LogP contribution < -0.4 is 21.3 Å². The number of aryl methyl sites for hydroxylation is 1. The molecule has 1 fully saturated rings. The zero-order valence-corrected chi connectivity index (χ0v) is 24.3. The second kappa shape index (κ2) is 15.9. The van der Waals surface area contributed by atoms with E-state index in [-0.39, 0.29) is 25.4 Å². The average molecular weight is 629 g/mol. The Bertz CT molecular complexity index is 1360. The fourth-order valence-corrected chi connectivity index (χ4v) is 5.08. The number of hydrogen-bond donors (Lipinski definition) is 5. The van der Waals surface area contributed by atoms with Crippen LogP contribution in [-0.4, -0.2) is 73.9 Å². The van der Waals surface area contributed by atoms with Crippen LogP contribution in [-0.2, 0) is 20.7 Å². The second-order valence-electron chi connectivity index (χ2n) is 10.5. The molecule has 0 aromatic heterocycles. The topological polar surface area (TPSA) is 138 Å². The molecule has 3 amide bonds. The lowest BCUT2D eigenvalue weighted by atomic mass is 9.84. The smallest absolute Gasteiger partial charge is 0.407 e. The number of carbonyl (C=O) groups excluding carboxylic acids is 2.